The van der Waals surface area contributed by atoms with Gasteiger partial charge in [-0.15, -0.1) is 10.2 Å². The van der Waals surface area contributed by atoms with Gasteiger partial charge in [0.15, 0.2) is 0 Å². The van der Waals surface area contributed by atoms with Gasteiger partial charge in [-0.2, -0.15) is 0 Å². The second kappa shape index (κ2) is 9.20. The predicted octanol–water partition coefficient (Wildman–Crippen LogP) is 3.10. The van der Waals surface area contributed by atoms with Gasteiger partial charge in [-0.1, -0.05) is 29.3 Å². The van der Waals surface area contributed by atoms with Crippen molar-refractivity contribution in [2.24, 2.45) is 0 Å². The van der Waals surface area contributed by atoms with Crippen molar-refractivity contribution < 1.29 is 18.7 Å². The van der Waals surface area contributed by atoms with E-state index in [4.69, 9.17) is 20.8 Å². The van der Waals surface area contributed by atoms with E-state index < -0.39 is 11.8 Å². The van der Waals surface area contributed by atoms with Crippen LogP contribution in [0.15, 0.2) is 46.9 Å². The summed E-state index contributed by atoms with van der Waals surface area (Å²) in [5.74, 6) is 0.113. The SMILES string of the molecule is COc1ccc(Cl)cc1C(=O)NNC(=O)CCc1nnc(-c2ccc(C)cc2)o1. The summed E-state index contributed by atoms with van der Waals surface area (Å²) in [5, 5.41) is 8.32. The molecule has 8 nitrogen and oxygen atoms in total. The minimum absolute atomic E-state index is 0.0580. The van der Waals surface area contributed by atoms with E-state index >= 15 is 0 Å². The molecule has 0 atom stereocenters. The molecule has 0 saturated carbocycles. The van der Waals surface area contributed by atoms with Crippen LogP contribution >= 0.6 is 11.6 Å². The Balaban J connectivity index is 1.51. The van der Waals surface area contributed by atoms with E-state index in [9.17, 15) is 9.59 Å². The number of amides is 2. The first-order chi connectivity index (χ1) is 14.0. The number of halogens is 1. The fourth-order valence-corrected chi connectivity index (χ4v) is 2.67. The summed E-state index contributed by atoms with van der Waals surface area (Å²) in [6, 6.07) is 12.3. The molecule has 3 rings (SSSR count). The molecule has 0 aliphatic rings. The van der Waals surface area contributed by atoms with Crippen molar-refractivity contribution in [2.75, 3.05) is 7.11 Å². The van der Waals surface area contributed by atoms with Gasteiger partial charge in [0.25, 0.3) is 5.91 Å². The van der Waals surface area contributed by atoms with Crippen molar-refractivity contribution >= 4 is 23.4 Å². The maximum atomic E-state index is 12.2. The Bertz CT molecular complexity index is 1020. The van der Waals surface area contributed by atoms with Crippen molar-refractivity contribution in [3.63, 3.8) is 0 Å². The van der Waals surface area contributed by atoms with E-state index in [1.54, 1.807) is 12.1 Å². The normalized spacial score (nSPS) is 10.4. The van der Waals surface area contributed by atoms with Crippen LogP contribution in [0.5, 0.6) is 5.75 Å². The van der Waals surface area contributed by atoms with E-state index in [1.807, 2.05) is 31.2 Å². The summed E-state index contributed by atoms with van der Waals surface area (Å²) in [6.45, 7) is 1.99. The largest absolute Gasteiger partial charge is 0.496 e. The number of hydrogen-bond acceptors (Lipinski definition) is 6. The predicted molar refractivity (Wildman–Crippen MR) is 106 cm³/mol. The van der Waals surface area contributed by atoms with Crippen molar-refractivity contribution in [1.82, 2.24) is 21.0 Å². The molecule has 0 aliphatic heterocycles. The monoisotopic (exact) mass is 414 g/mol. The van der Waals surface area contributed by atoms with Gasteiger partial charge >= 0.3 is 0 Å². The molecule has 0 bridgehead atoms. The maximum Gasteiger partial charge on any atom is 0.273 e. The van der Waals surface area contributed by atoms with Gasteiger partial charge < -0.3 is 9.15 Å². The molecule has 1 heterocycles. The Kier molecular flexibility index (Phi) is 6.46. The number of nitrogens with zero attached hydrogens (tertiary/aromatic N) is 2. The summed E-state index contributed by atoms with van der Waals surface area (Å²) >= 11 is 5.91. The van der Waals surface area contributed by atoms with Crippen LogP contribution in [0.1, 0.15) is 28.2 Å². The molecule has 0 aliphatic carbocycles. The highest BCUT2D eigenvalue weighted by Gasteiger charge is 2.15. The fraction of sp³-hybridized carbons (Fsp3) is 0.200. The Morgan fingerprint density at radius 1 is 1.10 bits per heavy atom. The number of hydrazine groups is 1. The molecule has 0 fully saturated rings. The van der Waals surface area contributed by atoms with Gasteiger partial charge in [0.1, 0.15) is 5.75 Å². The van der Waals surface area contributed by atoms with Crippen molar-refractivity contribution in [3.8, 4) is 17.2 Å². The van der Waals surface area contributed by atoms with Gasteiger partial charge in [-0.05, 0) is 37.3 Å². The number of nitrogens with one attached hydrogen (secondary N) is 2. The van der Waals surface area contributed by atoms with Gasteiger partial charge in [-0.25, -0.2) is 0 Å². The van der Waals surface area contributed by atoms with E-state index in [0.717, 1.165) is 11.1 Å². The third-order valence-electron chi connectivity index (χ3n) is 4.05. The maximum absolute atomic E-state index is 12.2. The Hall–Kier alpha value is -3.39. The minimum Gasteiger partial charge on any atom is -0.496 e. The summed E-state index contributed by atoms with van der Waals surface area (Å²) in [5.41, 5.74) is 6.81. The molecule has 0 unspecified atom stereocenters. The van der Waals surface area contributed by atoms with Gasteiger partial charge in [0.2, 0.25) is 17.7 Å². The van der Waals surface area contributed by atoms with Crippen LogP contribution in [0.3, 0.4) is 0 Å². The third kappa shape index (κ3) is 5.32. The number of carbonyl (C=O) groups excluding carboxylic acids is 2. The molecule has 2 N–H and O–H groups in total. The number of aromatic nitrogens is 2. The Morgan fingerprint density at radius 3 is 2.59 bits per heavy atom. The standard InChI is InChI=1S/C20H19ClN4O4/c1-12-3-5-13(6-4-12)20-25-23-18(29-20)10-9-17(26)22-24-19(27)15-11-14(21)7-8-16(15)28-2/h3-8,11H,9-10H2,1-2H3,(H,22,26)(H,24,27). The zero-order chi connectivity index (χ0) is 20.8. The number of rotatable bonds is 6. The zero-order valence-electron chi connectivity index (χ0n) is 15.9. The van der Waals surface area contributed by atoms with E-state index in [0.29, 0.717) is 22.6 Å². The number of hydrogen-bond donors (Lipinski definition) is 2. The number of benzene rings is 2. The zero-order valence-corrected chi connectivity index (χ0v) is 16.6. The lowest BCUT2D eigenvalue weighted by Gasteiger charge is -2.10. The molecule has 0 spiro atoms. The molecular weight excluding hydrogens is 396 g/mol. The minimum atomic E-state index is -0.544. The number of ether oxygens (including phenoxy) is 1. The number of methoxy groups -OCH3 is 1. The van der Waals surface area contributed by atoms with Crippen molar-refractivity contribution in [2.45, 2.75) is 19.8 Å². The summed E-state index contributed by atoms with van der Waals surface area (Å²) < 4.78 is 10.7. The fourth-order valence-electron chi connectivity index (χ4n) is 2.50. The van der Waals surface area contributed by atoms with Crippen LogP contribution in [0, 0.1) is 6.92 Å². The van der Waals surface area contributed by atoms with Crippen LogP contribution in [-0.4, -0.2) is 29.1 Å². The molecule has 29 heavy (non-hydrogen) atoms. The van der Waals surface area contributed by atoms with Crippen LogP contribution in [0.4, 0.5) is 0 Å². The lowest BCUT2D eigenvalue weighted by Crippen LogP contribution is -2.41. The molecule has 2 aromatic carbocycles. The van der Waals surface area contributed by atoms with E-state index in [1.165, 1.54) is 13.2 Å². The summed E-state index contributed by atoms with van der Waals surface area (Å²) in [6.07, 6.45) is 0.295. The average Bonchev–Trinajstić information content (AvgIpc) is 3.20. The highest BCUT2D eigenvalue weighted by Crippen LogP contribution is 2.22. The summed E-state index contributed by atoms with van der Waals surface area (Å²) in [7, 11) is 1.44. The number of carbonyl (C=O) groups is 2. The molecule has 150 valence electrons. The first-order valence-electron chi connectivity index (χ1n) is 8.78. The van der Waals surface area contributed by atoms with Gasteiger partial charge in [0, 0.05) is 23.4 Å². The molecular formula is C20H19ClN4O4. The lowest BCUT2D eigenvalue weighted by molar-refractivity contribution is -0.121. The van der Waals surface area contributed by atoms with Crippen molar-refractivity contribution in [3.05, 3.63) is 64.5 Å². The molecule has 2 amide bonds. The van der Waals surface area contributed by atoms with E-state index in [2.05, 4.69) is 21.0 Å². The summed E-state index contributed by atoms with van der Waals surface area (Å²) in [4.78, 5) is 24.2. The third-order valence-corrected chi connectivity index (χ3v) is 4.29. The average molecular weight is 415 g/mol. The number of aryl methyl sites for hydroxylation is 2. The van der Waals surface area contributed by atoms with E-state index in [-0.39, 0.29) is 18.4 Å². The quantitative estimate of drug-likeness (QED) is 0.600. The molecule has 0 radical (unpaired) electrons. The Morgan fingerprint density at radius 2 is 1.86 bits per heavy atom. The molecule has 0 saturated heterocycles. The molecule has 9 heteroatoms. The van der Waals surface area contributed by atoms with Crippen LogP contribution in [-0.2, 0) is 11.2 Å². The lowest BCUT2D eigenvalue weighted by atomic mass is 10.1. The second-order valence-electron chi connectivity index (χ2n) is 6.21. The molecule has 1 aromatic heterocycles. The van der Waals surface area contributed by atoms with Gasteiger partial charge in [0.05, 0.1) is 12.7 Å². The van der Waals surface area contributed by atoms with Gasteiger partial charge in [-0.3, -0.25) is 20.4 Å². The smallest absolute Gasteiger partial charge is 0.273 e. The topological polar surface area (TPSA) is 106 Å². The second-order valence-corrected chi connectivity index (χ2v) is 6.65. The highest BCUT2D eigenvalue weighted by molar-refractivity contribution is 6.31. The molecule has 3 aromatic rings. The van der Waals surface area contributed by atoms with Crippen LogP contribution < -0.4 is 15.6 Å². The highest BCUT2D eigenvalue weighted by atomic mass is 35.5. The first-order valence-corrected chi connectivity index (χ1v) is 9.16. The van der Waals surface area contributed by atoms with Crippen LogP contribution in [0.2, 0.25) is 5.02 Å². The van der Waals surface area contributed by atoms with Crippen molar-refractivity contribution in [1.29, 1.82) is 0 Å². The first kappa shape index (κ1) is 20.3. The van der Waals surface area contributed by atoms with Crippen LogP contribution in [0.25, 0.3) is 11.5 Å². The Labute approximate surface area is 172 Å².